The molecule has 0 saturated carbocycles. The zero-order valence-corrected chi connectivity index (χ0v) is 8.05. The lowest BCUT2D eigenvalue weighted by atomic mass is 10.1. The topological polar surface area (TPSA) is 65.5 Å². The van der Waals surface area contributed by atoms with Crippen LogP contribution in [-0.2, 0) is 4.79 Å². The molecule has 0 unspecified atom stereocenters. The number of hydrogen-bond acceptors (Lipinski definition) is 4. The van der Waals surface area contributed by atoms with Gasteiger partial charge in [-0.15, -0.1) is 0 Å². The Bertz CT molecular complexity index is 421. The number of aromatic nitrogens is 1. The largest absolute Gasteiger partial charge is 0.391 e. The molecule has 1 amide bonds. The Hall–Kier alpha value is -1.62. The molecule has 1 saturated heterocycles. The summed E-state index contributed by atoms with van der Waals surface area (Å²) in [5.41, 5.74) is 0.729. The molecule has 1 fully saturated rings. The normalized spacial score (nSPS) is 28.3. The van der Waals surface area contributed by atoms with Gasteiger partial charge in [-0.25, -0.2) is 4.98 Å². The van der Waals surface area contributed by atoms with Gasteiger partial charge in [0, 0.05) is 19.2 Å². The molecule has 2 aliphatic rings. The monoisotopic (exact) mass is 205 g/mol. The lowest BCUT2D eigenvalue weighted by molar-refractivity contribution is -0.117. The molecule has 2 N–H and O–H groups in total. The van der Waals surface area contributed by atoms with Crippen molar-refractivity contribution in [2.24, 2.45) is 0 Å². The molecule has 0 aromatic carbocycles. The molecule has 3 rings (SSSR count). The van der Waals surface area contributed by atoms with Gasteiger partial charge >= 0.3 is 0 Å². The summed E-state index contributed by atoms with van der Waals surface area (Å²) in [6, 6.07) is 3.34. The van der Waals surface area contributed by atoms with Crippen LogP contribution in [0.15, 0.2) is 18.3 Å². The summed E-state index contributed by atoms with van der Waals surface area (Å²) >= 11 is 0. The van der Waals surface area contributed by atoms with E-state index in [0.29, 0.717) is 13.0 Å². The Morgan fingerprint density at radius 1 is 1.60 bits per heavy atom. The Morgan fingerprint density at radius 3 is 3.33 bits per heavy atom. The second-order valence-electron chi connectivity index (χ2n) is 3.92. The molecule has 5 heteroatoms. The van der Waals surface area contributed by atoms with Crippen molar-refractivity contribution in [2.45, 2.75) is 18.6 Å². The molecular formula is C10H11N3O2. The van der Waals surface area contributed by atoms with Crippen molar-refractivity contribution in [1.82, 2.24) is 4.98 Å². The van der Waals surface area contributed by atoms with Gasteiger partial charge < -0.3 is 15.3 Å². The quantitative estimate of drug-likeness (QED) is 0.624. The molecule has 5 nitrogen and oxygen atoms in total. The number of anilines is 2. The van der Waals surface area contributed by atoms with Gasteiger partial charge in [0.15, 0.2) is 5.82 Å². The minimum atomic E-state index is -0.436. The minimum absolute atomic E-state index is 0.0490. The van der Waals surface area contributed by atoms with E-state index in [9.17, 15) is 9.90 Å². The average Bonchev–Trinajstić information content (AvgIpc) is 2.61. The third kappa shape index (κ3) is 1.20. The van der Waals surface area contributed by atoms with E-state index in [-0.39, 0.29) is 11.9 Å². The highest BCUT2D eigenvalue weighted by atomic mass is 16.3. The predicted molar refractivity (Wildman–Crippen MR) is 54.6 cm³/mol. The van der Waals surface area contributed by atoms with Gasteiger partial charge in [0.1, 0.15) is 6.04 Å². The Kier molecular flexibility index (Phi) is 1.70. The molecule has 0 bridgehead atoms. The number of carbonyl (C=O) groups is 1. The molecule has 2 atom stereocenters. The molecule has 1 aromatic rings. The molecule has 0 spiro atoms. The maximum atomic E-state index is 11.7. The van der Waals surface area contributed by atoms with Crippen molar-refractivity contribution in [3.8, 4) is 0 Å². The van der Waals surface area contributed by atoms with Crippen LogP contribution in [0, 0.1) is 0 Å². The fourth-order valence-electron chi connectivity index (χ4n) is 2.24. The van der Waals surface area contributed by atoms with Crippen molar-refractivity contribution >= 4 is 17.4 Å². The maximum Gasteiger partial charge on any atom is 0.247 e. The van der Waals surface area contributed by atoms with E-state index < -0.39 is 6.10 Å². The first-order valence-corrected chi connectivity index (χ1v) is 4.96. The van der Waals surface area contributed by atoms with E-state index in [1.807, 2.05) is 11.0 Å². The standard InChI is InChI=1S/C10H11N3O2/c14-6-4-8-10(15)12-7-2-1-3-11-9(7)13(8)5-6/h1-3,6,8,14H,4-5H2,(H,12,15)/t6-,8+/m0/s1. The van der Waals surface area contributed by atoms with Crippen molar-refractivity contribution in [3.05, 3.63) is 18.3 Å². The van der Waals surface area contributed by atoms with Crippen molar-refractivity contribution in [1.29, 1.82) is 0 Å². The molecular weight excluding hydrogens is 194 g/mol. The zero-order chi connectivity index (χ0) is 10.4. The minimum Gasteiger partial charge on any atom is -0.391 e. The maximum absolute atomic E-state index is 11.7. The summed E-state index contributed by atoms with van der Waals surface area (Å²) in [7, 11) is 0. The molecule has 3 heterocycles. The van der Waals surface area contributed by atoms with Crippen molar-refractivity contribution < 1.29 is 9.90 Å². The summed E-state index contributed by atoms with van der Waals surface area (Å²) in [6.07, 6.45) is 1.74. The van der Waals surface area contributed by atoms with Gasteiger partial charge in [0.05, 0.1) is 11.8 Å². The number of rotatable bonds is 0. The molecule has 2 aliphatic heterocycles. The third-order valence-electron chi connectivity index (χ3n) is 2.90. The van der Waals surface area contributed by atoms with Crippen LogP contribution in [0.5, 0.6) is 0 Å². The first-order chi connectivity index (χ1) is 7.25. The van der Waals surface area contributed by atoms with Crippen molar-refractivity contribution in [2.75, 3.05) is 16.8 Å². The summed E-state index contributed by atoms with van der Waals surface area (Å²) in [4.78, 5) is 17.8. The molecule has 0 radical (unpaired) electrons. The van der Waals surface area contributed by atoms with Crippen LogP contribution in [0.2, 0.25) is 0 Å². The lowest BCUT2D eigenvalue weighted by Gasteiger charge is -2.31. The smallest absolute Gasteiger partial charge is 0.247 e. The number of hydrogen-bond donors (Lipinski definition) is 2. The van der Waals surface area contributed by atoms with Gasteiger partial charge in [-0.1, -0.05) is 0 Å². The Morgan fingerprint density at radius 2 is 2.47 bits per heavy atom. The molecule has 1 aromatic heterocycles. The van der Waals surface area contributed by atoms with Gasteiger partial charge in [0.2, 0.25) is 5.91 Å². The lowest BCUT2D eigenvalue weighted by Crippen LogP contribution is -2.44. The molecule has 15 heavy (non-hydrogen) atoms. The number of aliphatic hydroxyl groups excluding tert-OH is 1. The van der Waals surface area contributed by atoms with E-state index in [2.05, 4.69) is 10.3 Å². The Labute approximate surface area is 86.7 Å². The summed E-state index contributed by atoms with van der Waals surface area (Å²) < 4.78 is 0. The number of pyridine rings is 1. The fourth-order valence-corrected chi connectivity index (χ4v) is 2.24. The number of amides is 1. The van der Waals surface area contributed by atoms with Crippen LogP contribution >= 0.6 is 0 Å². The number of aliphatic hydroxyl groups is 1. The summed E-state index contributed by atoms with van der Waals surface area (Å²) in [5.74, 6) is 0.714. The number of fused-ring (bicyclic) bond motifs is 3. The van der Waals surface area contributed by atoms with Crippen LogP contribution in [0.1, 0.15) is 6.42 Å². The first kappa shape index (κ1) is 8.67. The van der Waals surface area contributed by atoms with E-state index in [1.165, 1.54) is 0 Å². The van der Waals surface area contributed by atoms with E-state index in [1.54, 1.807) is 12.3 Å². The van der Waals surface area contributed by atoms with Gasteiger partial charge in [-0.3, -0.25) is 4.79 Å². The van der Waals surface area contributed by atoms with Gasteiger partial charge in [-0.2, -0.15) is 0 Å². The predicted octanol–water partition coefficient (Wildman–Crippen LogP) is -0.0267. The number of nitrogens with one attached hydrogen (secondary N) is 1. The highest BCUT2D eigenvalue weighted by molar-refractivity contribution is 6.03. The Balaban J connectivity index is 2.08. The van der Waals surface area contributed by atoms with Crippen LogP contribution in [0.3, 0.4) is 0 Å². The van der Waals surface area contributed by atoms with E-state index >= 15 is 0 Å². The van der Waals surface area contributed by atoms with Crippen molar-refractivity contribution in [3.63, 3.8) is 0 Å². The number of carbonyl (C=O) groups excluding carboxylic acids is 1. The molecule has 0 aliphatic carbocycles. The van der Waals surface area contributed by atoms with Gasteiger partial charge in [0.25, 0.3) is 0 Å². The summed E-state index contributed by atoms with van der Waals surface area (Å²) in [6.45, 7) is 0.488. The highest BCUT2D eigenvalue weighted by Crippen LogP contribution is 2.34. The third-order valence-corrected chi connectivity index (χ3v) is 2.90. The van der Waals surface area contributed by atoms with E-state index in [0.717, 1.165) is 11.5 Å². The SMILES string of the molecule is O=C1Nc2cccnc2N2C[C@@H](O)C[C@H]12. The van der Waals surface area contributed by atoms with Crippen LogP contribution in [-0.4, -0.2) is 34.7 Å². The van der Waals surface area contributed by atoms with Crippen LogP contribution in [0.25, 0.3) is 0 Å². The van der Waals surface area contributed by atoms with E-state index in [4.69, 9.17) is 0 Å². The second kappa shape index (κ2) is 2.93. The second-order valence-corrected chi connectivity index (χ2v) is 3.92. The fraction of sp³-hybridized carbons (Fsp3) is 0.400. The average molecular weight is 205 g/mol. The number of nitrogens with zero attached hydrogens (tertiary/aromatic N) is 2. The first-order valence-electron chi connectivity index (χ1n) is 4.96. The zero-order valence-electron chi connectivity index (χ0n) is 8.05. The highest BCUT2D eigenvalue weighted by Gasteiger charge is 2.40. The van der Waals surface area contributed by atoms with Crippen LogP contribution in [0.4, 0.5) is 11.5 Å². The van der Waals surface area contributed by atoms with Gasteiger partial charge in [-0.05, 0) is 12.1 Å². The molecule has 78 valence electrons. The van der Waals surface area contributed by atoms with Crippen LogP contribution < -0.4 is 10.2 Å². The summed E-state index contributed by atoms with van der Waals surface area (Å²) in [5, 5.41) is 12.4.